The SMILES string of the molecule is C1=C(C2=Nc3ccccc3C2)Cc2ccccc21. The molecule has 0 saturated carbocycles. The van der Waals surface area contributed by atoms with Gasteiger partial charge in [-0.05, 0) is 40.8 Å². The summed E-state index contributed by atoms with van der Waals surface area (Å²) in [5.41, 5.74) is 7.89. The molecule has 0 aromatic heterocycles. The van der Waals surface area contributed by atoms with E-state index in [1.54, 1.807) is 0 Å². The summed E-state index contributed by atoms with van der Waals surface area (Å²) in [7, 11) is 0. The first kappa shape index (κ1) is 9.84. The molecule has 0 spiro atoms. The van der Waals surface area contributed by atoms with E-state index in [2.05, 4.69) is 54.6 Å². The average Bonchev–Trinajstić information content (AvgIpc) is 3.02. The number of para-hydroxylation sites is 1. The van der Waals surface area contributed by atoms with Crippen molar-refractivity contribution in [1.29, 1.82) is 0 Å². The summed E-state index contributed by atoms with van der Waals surface area (Å²) in [5, 5.41) is 0. The largest absolute Gasteiger partial charge is 0.253 e. The molecular formula is C17H13N. The highest BCUT2D eigenvalue weighted by Gasteiger charge is 2.21. The highest BCUT2D eigenvalue weighted by molar-refractivity contribution is 6.10. The smallest absolute Gasteiger partial charge is 0.0669 e. The number of rotatable bonds is 1. The van der Waals surface area contributed by atoms with Gasteiger partial charge in [0.1, 0.15) is 0 Å². The van der Waals surface area contributed by atoms with E-state index < -0.39 is 0 Å². The van der Waals surface area contributed by atoms with Crippen molar-refractivity contribution in [2.45, 2.75) is 12.8 Å². The highest BCUT2D eigenvalue weighted by Crippen LogP contribution is 2.33. The third kappa shape index (κ3) is 1.44. The topological polar surface area (TPSA) is 12.4 Å². The number of hydrogen-bond donors (Lipinski definition) is 0. The van der Waals surface area contributed by atoms with Crippen molar-refractivity contribution >= 4 is 17.5 Å². The Hall–Kier alpha value is -2.15. The first-order valence-electron chi connectivity index (χ1n) is 6.34. The minimum Gasteiger partial charge on any atom is -0.253 e. The van der Waals surface area contributed by atoms with Gasteiger partial charge in [0.05, 0.1) is 5.69 Å². The van der Waals surface area contributed by atoms with Crippen LogP contribution < -0.4 is 0 Å². The molecule has 0 N–H and O–H groups in total. The molecule has 4 rings (SSSR count). The molecule has 0 fully saturated rings. The van der Waals surface area contributed by atoms with Gasteiger partial charge in [-0.3, -0.25) is 4.99 Å². The molecule has 1 heteroatoms. The fourth-order valence-corrected chi connectivity index (χ4v) is 2.79. The zero-order chi connectivity index (χ0) is 11.9. The van der Waals surface area contributed by atoms with E-state index >= 15 is 0 Å². The molecule has 86 valence electrons. The molecule has 2 aromatic rings. The van der Waals surface area contributed by atoms with E-state index in [1.807, 2.05) is 0 Å². The second-order valence-corrected chi connectivity index (χ2v) is 4.91. The zero-order valence-corrected chi connectivity index (χ0v) is 10.1. The zero-order valence-electron chi connectivity index (χ0n) is 10.1. The Labute approximate surface area is 107 Å². The quantitative estimate of drug-likeness (QED) is 0.704. The summed E-state index contributed by atoms with van der Waals surface area (Å²) < 4.78 is 0. The summed E-state index contributed by atoms with van der Waals surface area (Å²) in [5.74, 6) is 0. The molecule has 2 aromatic carbocycles. The minimum absolute atomic E-state index is 0.982. The van der Waals surface area contributed by atoms with E-state index in [-0.39, 0.29) is 0 Å². The molecule has 1 heterocycles. The van der Waals surface area contributed by atoms with Crippen molar-refractivity contribution < 1.29 is 0 Å². The molecule has 1 aliphatic heterocycles. The Kier molecular flexibility index (Phi) is 2.01. The lowest BCUT2D eigenvalue weighted by molar-refractivity contribution is 1.24. The number of nitrogens with zero attached hydrogens (tertiary/aromatic N) is 1. The molecule has 0 unspecified atom stereocenters. The first-order valence-corrected chi connectivity index (χ1v) is 6.34. The standard InChI is InChI=1S/C17H13N/c1-2-6-13-10-15(9-12(13)5-1)17-11-14-7-3-4-8-16(14)18-17/h1-9H,10-11H2. The van der Waals surface area contributed by atoms with Gasteiger partial charge in [0.15, 0.2) is 0 Å². The summed E-state index contributed by atoms with van der Waals surface area (Å²) in [6.07, 6.45) is 4.30. The van der Waals surface area contributed by atoms with Crippen LogP contribution in [0, 0.1) is 0 Å². The van der Waals surface area contributed by atoms with Crippen LogP contribution in [0.15, 0.2) is 59.1 Å². The predicted octanol–water partition coefficient (Wildman–Crippen LogP) is 3.95. The molecule has 2 aliphatic rings. The van der Waals surface area contributed by atoms with Crippen molar-refractivity contribution in [2.24, 2.45) is 4.99 Å². The second-order valence-electron chi connectivity index (χ2n) is 4.91. The molecule has 0 radical (unpaired) electrons. The maximum Gasteiger partial charge on any atom is 0.0669 e. The molecule has 18 heavy (non-hydrogen) atoms. The first-order chi connectivity index (χ1) is 8.90. The number of fused-ring (bicyclic) bond motifs is 2. The van der Waals surface area contributed by atoms with Crippen LogP contribution in [0.25, 0.3) is 6.08 Å². The van der Waals surface area contributed by atoms with Crippen molar-refractivity contribution in [3.05, 3.63) is 70.8 Å². The predicted molar refractivity (Wildman–Crippen MR) is 75.4 cm³/mol. The van der Waals surface area contributed by atoms with Crippen LogP contribution in [0.1, 0.15) is 16.7 Å². The van der Waals surface area contributed by atoms with E-state index in [1.165, 1.54) is 28.0 Å². The van der Waals surface area contributed by atoms with Crippen molar-refractivity contribution in [3.63, 3.8) is 0 Å². The molecule has 1 nitrogen and oxygen atoms in total. The highest BCUT2D eigenvalue weighted by atomic mass is 14.8. The lowest BCUT2D eigenvalue weighted by Crippen LogP contribution is -2.02. The Balaban J connectivity index is 1.70. The summed E-state index contributed by atoms with van der Waals surface area (Å²) in [6, 6.07) is 17.0. The number of aliphatic imine (C=N–C) groups is 1. The van der Waals surface area contributed by atoms with Gasteiger partial charge in [-0.25, -0.2) is 0 Å². The number of hydrogen-bond acceptors (Lipinski definition) is 1. The third-order valence-corrected chi connectivity index (χ3v) is 3.74. The van der Waals surface area contributed by atoms with Gasteiger partial charge in [-0.2, -0.15) is 0 Å². The van der Waals surface area contributed by atoms with Crippen molar-refractivity contribution in [2.75, 3.05) is 0 Å². The minimum atomic E-state index is 0.982. The van der Waals surface area contributed by atoms with Crippen molar-refractivity contribution in [1.82, 2.24) is 0 Å². The maximum absolute atomic E-state index is 4.77. The van der Waals surface area contributed by atoms with E-state index in [4.69, 9.17) is 4.99 Å². The van der Waals surface area contributed by atoms with E-state index in [0.29, 0.717) is 0 Å². The Morgan fingerprint density at radius 2 is 1.56 bits per heavy atom. The monoisotopic (exact) mass is 231 g/mol. The summed E-state index contributed by atoms with van der Waals surface area (Å²) in [4.78, 5) is 4.77. The van der Waals surface area contributed by atoms with Crippen LogP contribution in [-0.2, 0) is 12.8 Å². The fourth-order valence-electron chi connectivity index (χ4n) is 2.79. The van der Waals surface area contributed by atoms with Crippen LogP contribution in [-0.4, -0.2) is 5.71 Å². The fraction of sp³-hybridized carbons (Fsp3) is 0.118. The lowest BCUT2D eigenvalue weighted by Gasteiger charge is -2.00. The average molecular weight is 231 g/mol. The summed E-state index contributed by atoms with van der Waals surface area (Å²) >= 11 is 0. The normalized spacial score (nSPS) is 16.0. The molecule has 0 bridgehead atoms. The van der Waals surface area contributed by atoms with Gasteiger partial charge in [0.25, 0.3) is 0 Å². The Bertz CT molecular complexity index is 631. The second kappa shape index (κ2) is 3.67. The van der Waals surface area contributed by atoms with Crippen LogP contribution >= 0.6 is 0 Å². The Morgan fingerprint density at radius 1 is 0.778 bits per heavy atom. The van der Waals surface area contributed by atoms with Gasteiger partial charge in [0, 0.05) is 12.1 Å². The third-order valence-electron chi connectivity index (χ3n) is 3.74. The molecule has 1 aliphatic carbocycles. The van der Waals surface area contributed by atoms with Crippen LogP contribution in [0.4, 0.5) is 5.69 Å². The van der Waals surface area contributed by atoms with Gasteiger partial charge < -0.3 is 0 Å². The summed E-state index contributed by atoms with van der Waals surface area (Å²) in [6.45, 7) is 0. The number of benzene rings is 2. The van der Waals surface area contributed by atoms with Gasteiger partial charge in [0.2, 0.25) is 0 Å². The maximum atomic E-state index is 4.77. The van der Waals surface area contributed by atoms with E-state index in [9.17, 15) is 0 Å². The van der Waals surface area contributed by atoms with Crippen LogP contribution in [0.5, 0.6) is 0 Å². The van der Waals surface area contributed by atoms with E-state index in [0.717, 1.165) is 18.5 Å². The van der Waals surface area contributed by atoms with Crippen LogP contribution in [0.3, 0.4) is 0 Å². The van der Waals surface area contributed by atoms with Gasteiger partial charge >= 0.3 is 0 Å². The molecule has 0 saturated heterocycles. The van der Waals surface area contributed by atoms with Crippen LogP contribution in [0.2, 0.25) is 0 Å². The number of allylic oxidation sites excluding steroid dienone is 1. The van der Waals surface area contributed by atoms with Crippen molar-refractivity contribution in [3.8, 4) is 0 Å². The molecule has 0 amide bonds. The molecule has 0 atom stereocenters. The molecular weight excluding hydrogens is 218 g/mol. The lowest BCUT2D eigenvalue weighted by atomic mass is 10.0. The van der Waals surface area contributed by atoms with Gasteiger partial charge in [-0.1, -0.05) is 42.5 Å². The Morgan fingerprint density at radius 3 is 2.39 bits per heavy atom. The van der Waals surface area contributed by atoms with Gasteiger partial charge in [-0.15, -0.1) is 0 Å².